The summed E-state index contributed by atoms with van der Waals surface area (Å²) in [7, 11) is 4.07. The highest BCUT2D eigenvalue weighted by atomic mass is 35.5. The second-order valence-electron chi connectivity index (χ2n) is 5.24. The van der Waals surface area contributed by atoms with E-state index in [1.54, 1.807) is 6.07 Å². The van der Waals surface area contributed by atoms with Gasteiger partial charge in [-0.25, -0.2) is 0 Å². The smallest absolute Gasteiger partial charge is 0.163 e. The van der Waals surface area contributed by atoms with Crippen LogP contribution in [0.15, 0.2) is 36.4 Å². The lowest BCUT2D eigenvalue weighted by Crippen LogP contribution is -2.32. The Hall–Kier alpha value is -2.16. The molecule has 0 unspecified atom stereocenters. The molecule has 0 saturated heterocycles. The summed E-state index contributed by atoms with van der Waals surface area (Å²) in [5.74, 6) is 0.760. The molecule has 0 aliphatic rings. The van der Waals surface area contributed by atoms with E-state index in [-0.39, 0.29) is 0 Å². The molecule has 0 spiro atoms. The minimum Gasteiger partial charge on any atom is -0.350 e. The molecule has 0 atom stereocenters. The van der Waals surface area contributed by atoms with Gasteiger partial charge in [-0.2, -0.15) is 5.26 Å². The van der Waals surface area contributed by atoms with Crippen molar-refractivity contribution in [3.05, 3.63) is 52.7 Å². The molecule has 0 radical (unpaired) electrons. The Bertz CT molecular complexity index is 631. The van der Waals surface area contributed by atoms with Crippen LogP contribution in [0.4, 0.5) is 5.82 Å². The van der Waals surface area contributed by atoms with Crippen LogP contribution >= 0.6 is 11.6 Å². The molecule has 1 aromatic carbocycles. The maximum absolute atomic E-state index is 8.82. The van der Waals surface area contributed by atoms with Gasteiger partial charge in [0, 0.05) is 24.7 Å². The SMILES string of the molecule is CN(C)CCN(Cc1ccc(Cl)cc1)c1ccc(C#N)nn1. The molecule has 0 aliphatic heterocycles. The minimum atomic E-state index is 0.322. The minimum absolute atomic E-state index is 0.322. The van der Waals surface area contributed by atoms with Crippen molar-refractivity contribution in [3.63, 3.8) is 0 Å². The van der Waals surface area contributed by atoms with Gasteiger partial charge in [-0.1, -0.05) is 23.7 Å². The average molecular weight is 316 g/mol. The van der Waals surface area contributed by atoms with Gasteiger partial charge in [-0.05, 0) is 43.9 Å². The fourth-order valence-corrected chi connectivity index (χ4v) is 2.09. The van der Waals surface area contributed by atoms with Crippen LogP contribution in [0.1, 0.15) is 11.3 Å². The Morgan fingerprint density at radius 2 is 1.77 bits per heavy atom. The van der Waals surface area contributed by atoms with Crippen LogP contribution in [0.5, 0.6) is 0 Å². The molecule has 1 heterocycles. The number of nitrogens with zero attached hydrogens (tertiary/aromatic N) is 5. The summed E-state index contributed by atoms with van der Waals surface area (Å²) >= 11 is 5.93. The number of rotatable bonds is 6. The van der Waals surface area contributed by atoms with Crippen molar-refractivity contribution >= 4 is 17.4 Å². The number of aromatic nitrogens is 2. The van der Waals surface area contributed by atoms with E-state index in [9.17, 15) is 0 Å². The Morgan fingerprint density at radius 1 is 1.05 bits per heavy atom. The zero-order valence-electron chi connectivity index (χ0n) is 12.7. The maximum Gasteiger partial charge on any atom is 0.163 e. The Morgan fingerprint density at radius 3 is 2.32 bits per heavy atom. The molecule has 114 valence electrons. The summed E-state index contributed by atoms with van der Waals surface area (Å²) in [6, 6.07) is 13.3. The number of nitriles is 1. The predicted octanol–water partition coefficient (Wildman–Crippen LogP) is 2.57. The summed E-state index contributed by atoms with van der Waals surface area (Å²) in [6.07, 6.45) is 0. The molecule has 2 rings (SSSR count). The van der Waals surface area contributed by atoms with Gasteiger partial charge in [0.25, 0.3) is 0 Å². The molecule has 2 aromatic rings. The molecule has 0 N–H and O–H groups in total. The maximum atomic E-state index is 8.82. The first-order chi connectivity index (χ1) is 10.6. The lowest BCUT2D eigenvalue weighted by atomic mass is 10.2. The second-order valence-corrected chi connectivity index (χ2v) is 5.68. The van der Waals surface area contributed by atoms with E-state index in [2.05, 4.69) is 20.0 Å². The summed E-state index contributed by atoms with van der Waals surface area (Å²) < 4.78 is 0. The van der Waals surface area contributed by atoms with Crippen molar-refractivity contribution < 1.29 is 0 Å². The number of hydrogen-bond acceptors (Lipinski definition) is 5. The fraction of sp³-hybridized carbons (Fsp3) is 0.312. The first-order valence-corrected chi connectivity index (χ1v) is 7.34. The molecule has 22 heavy (non-hydrogen) atoms. The third-order valence-corrected chi connectivity index (χ3v) is 3.44. The van der Waals surface area contributed by atoms with E-state index >= 15 is 0 Å². The van der Waals surface area contributed by atoms with Crippen molar-refractivity contribution in [1.82, 2.24) is 15.1 Å². The number of likely N-dealkylation sites (N-methyl/N-ethyl adjacent to an activating group) is 1. The van der Waals surface area contributed by atoms with Crippen molar-refractivity contribution in [2.24, 2.45) is 0 Å². The largest absolute Gasteiger partial charge is 0.350 e. The molecule has 1 aromatic heterocycles. The summed E-state index contributed by atoms with van der Waals surface area (Å²) in [6.45, 7) is 2.43. The molecule has 0 aliphatic carbocycles. The van der Waals surface area contributed by atoms with Gasteiger partial charge in [-0.3, -0.25) is 0 Å². The fourth-order valence-electron chi connectivity index (χ4n) is 1.96. The monoisotopic (exact) mass is 315 g/mol. The summed E-state index contributed by atoms with van der Waals surface area (Å²) in [5, 5.41) is 17.6. The third-order valence-electron chi connectivity index (χ3n) is 3.19. The Labute approximate surface area is 135 Å². The standard InChI is InChI=1S/C16H18ClN5/c1-21(2)9-10-22(12-13-3-5-14(17)6-4-13)16-8-7-15(11-18)19-20-16/h3-8H,9-10,12H2,1-2H3. The first kappa shape index (κ1) is 16.2. The third kappa shape index (κ3) is 4.69. The van der Waals surface area contributed by atoms with Crippen LogP contribution in [-0.4, -0.2) is 42.3 Å². The van der Waals surface area contributed by atoms with E-state index < -0.39 is 0 Å². The van der Waals surface area contributed by atoms with Crippen LogP contribution in [0.2, 0.25) is 5.02 Å². The van der Waals surface area contributed by atoms with Crippen LogP contribution in [0.3, 0.4) is 0 Å². The van der Waals surface area contributed by atoms with Gasteiger partial charge in [0.15, 0.2) is 11.5 Å². The Kier molecular flexibility index (Phi) is 5.70. The highest BCUT2D eigenvalue weighted by Crippen LogP contribution is 2.16. The molecule has 6 heteroatoms. The van der Waals surface area contributed by atoms with E-state index in [1.807, 2.05) is 50.5 Å². The molecular formula is C16H18ClN5. The van der Waals surface area contributed by atoms with Crippen molar-refractivity contribution in [3.8, 4) is 6.07 Å². The van der Waals surface area contributed by atoms with E-state index in [0.29, 0.717) is 12.2 Å². The quantitative estimate of drug-likeness (QED) is 0.820. The topological polar surface area (TPSA) is 56.0 Å². The second kappa shape index (κ2) is 7.74. The molecule has 5 nitrogen and oxygen atoms in total. The first-order valence-electron chi connectivity index (χ1n) is 6.96. The van der Waals surface area contributed by atoms with Crippen LogP contribution in [0, 0.1) is 11.3 Å². The van der Waals surface area contributed by atoms with Gasteiger partial charge < -0.3 is 9.80 Å². The lowest BCUT2D eigenvalue weighted by molar-refractivity contribution is 0.412. The number of halogens is 1. The Balaban J connectivity index is 2.17. The highest BCUT2D eigenvalue weighted by Gasteiger charge is 2.10. The molecule has 0 saturated carbocycles. The van der Waals surface area contributed by atoms with Crippen molar-refractivity contribution in [1.29, 1.82) is 5.26 Å². The normalized spacial score (nSPS) is 10.5. The van der Waals surface area contributed by atoms with Gasteiger partial charge in [0.1, 0.15) is 6.07 Å². The number of benzene rings is 1. The highest BCUT2D eigenvalue weighted by molar-refractivity contribution is 6.30. The van der Waals surface area contributed by atoms with Gasteiger partial charge in [-0.15, -0.1) is 10.2 Å². The van der Waals surface area contributed by atoms with Crippen LogP contribution in [0.25, 0.3) is 0 Å². The van der Waals surface area contributed by atoms with Gasteiger partial charge in [0.05, 0.1) is 0 Å². The molecule has 0 amide bonds. The van der Waals surface area contributed by atoms with E-state index in [4.69, 9.17) is 16.9 Å². The lowest BCUT2D eigenvalue weighted by Gasteiger charge is -2.25. The van der Waals surface area contributed by atoms with Crippen LogP contribution in [-0.2, 0) is 6.54 Å². The molecule has 0 fully saturated rings. The predicted molar refractivity (Wildman–Crippen MR) is 87.8 cm³/mol. The van der Waals surface area contributed by atoms with E-state index in [1.165, 1.54) is 0 Å². The molecular weight excluding hydrogens is 298 g/mol. The van der Waals surface area contributed by atoms with E-state index in [0.717, 1.165) is 29.5 Å². The summed E-state index contributed by atoms with van der Waals surface area (Å²) in [5.41, 5.74) is 1.47. The zero-order valence-corrected chi connectivity index (χ0v) is 13.5. The van der Waals surface area contributed by atoms with Crippen molar-refractivity contribution in [2.45, 2.75) is 6.54 Å². The number of anilines is 1. The molecule has 0 bridgehead atoms. The zero-order chi connectivity index (χ0) is 15.9. The van der Waals surface area contributed by atoms with Gasteiger partial charge in [0.2, 0.25) is 0 Å². The summed E-state index contributed by atoms with van der Waals surface area (Å²) in [4.78, 5) is 4.25. The van der Waals surface area contributed by atoms with Crippen molar-refractivity contribution in [2.75, 3.05) is 32.1 Å². The van der Waals surface area contributed by atoms with Crippen LogP contribution < -0.4 is 4.90 Å². The number of hydrogen-bond donors (Lipinski definition) is 0. The van der Waals surface area contributed by atoms with Gasteiger partial charge >= 0.3 is 0 Å². The average Bonchev–Trinajstić information content (AvgIpc) is 2.53.